The van der Waals surface area contributed by atoms with Crippen LogP contribution in [0, 0.1) is 6.92 Å². The first-order valence-corrected chi connectivity index (χ1v) is 6.17. The molecule has 1 aliphatic rings. The van der Waals surface area contributed by atoms with Gasteiger partial charge in [0.15, 0.2) is 0 Å². The minimum atomic E-state index is 0.458. The van der Waals surface area contributed by atoms with Crippen LogP contribution in [0.15, 0.2) is 12.1 Å². The summed E-state index contributed by atoms with van der Waals surface area (Å²) in [6, 6.07) is 4.52. The van der Waals surface area contributed by atoms with Gasteiger partial charge in [0.25, 0.3) is 0 Å². The van der Waals surface area contributed by atoms with Crippen LogP contribution in [0.5, 0.6) is 5.75 Å². The molecule has 0 aliphatic carbocycles. The summed E-state index contributed by atoms with van der Waals surface area (Å²) in [5.74, 6) is 0.773. The fourth-order valence-electron chi connectivity index (χ4n) is 2.32. The lowest BCUT2D eigenvalue weighted by Gasteiger charge is -2.25. The van der Waals surface area contributed by atoms with Crippen molar-refractivity contribution in [3.63, 3.8) is 0 Å². The van der Waals surface area contributed by atoms with Gasteiger partial charge in [0.05, 0.1) is 12.1 Å². The largest absolute Gasteiger partial charge is 0.495 e. The average Bonchev–Trinajstić information content (AvgIpc) is 2.30. The number of rotatable bonds is 2. The second-order valence-corrected chi connectivity index (χ2v) is 4.75. The molecular weight excluding hydrogens is 222 g/mol. The van der Waals surface area contributed by atoms with Gasteiger partial charge < -0.3 is 10.1 Å². The highest BCUT2D eigenvalue weighted by molar-refractivity contribution is 6.32. The molecule has 1 aromatic carbocycles. The third-order valence-corrected chi connectivity index (χ3v) is 3.52. The standard InChI is InChI=1S/C13H18ClNO/c1-9-7-11(14)13(16-2)8-10(9)12-5-3-4-6-15-12/h7-8,12,15H,3-6H2,1-2H3. The zero-order valence-electron chi connectivity index (χ0n) is 9.85. The zero-order chi connectivity index (χ0) is 11.5. The number of ether oxygens (including phenoxy) is 1. The van der Waals surface area contributed by atoms with Gasteiger partial charge in [-0.25, -0.2) is 0 Å². The first kappa shape index (κ1) is 11.7. The maximum atomic E-state index is 6.10. The maximum absolute atomic E-state index is 6.10. The smallest absolute Gasteiger partial charge is 0.137 e. The van der Waals surface area contributed by atoms with Crippen molar-refractivity contribution in [3.05, 3.63) is 28.3 Å². The molecule has 2 nitrogen and oxygen atoms in total. The Morgan fingerprint density at radius 3 is 2.81 bits per heavy atom. The van der Waals surface area contributed by atoms with E-state index >= 15 is 0 Å². The van der Waals surface area contributed by atoms with Crippen molar-refractivity contribution in [2.75, 3.05) is 13.7 Å². The molecule has 1 heterocycles. The predicted octanol–water partition coefficient (Wildman–Crippen LogP) is 3.47. The Morgan fingerprint density at radius 1 is 1.38 bits per heavy atom. The fourth-order valence-corrected chi connectivity index (χ4v) is 2.61. The Hall–Kier alpha value is -0.730. The molecule has 16 heavy (non-hydrogen) atoms. The van der Waals surface area contributed by atoms with E-state index in [4.69, 9.17) is 16.3 Å². The van der Waals surface area contributed by atoms with Gasteiger partial charge in [-0.1, -0.05) is 18.0 Å². The summed E-state index contributed by atoms with van der Waals surface area (Å²) in [4.78, 5) is 0. The van der Waals surface area contributed by atoms with Crippen LogP contribution in [0.1, 0.15) is 36.4 Å². The molecule has 1 fully saturated rings. The van der Waals surface area contributed by atoms with Crippen molar-refractivity contribution in [2.45, 2.75) is 32.2 Å². The Labute approximate surface area is 102 Å². The van der Waals surface area contributed by atoms with Crippen molar-refractivity contribution in [1.82, 2.24) is 5.32 Å². The highest BCUT2D eigenvalue weighted by atomic mass is 35.5. The first-order chi connectivity index (χ1) is 7.72. The van der Waals surface area contributed by atoms with Gasteiger partial charge in [-0.2, -0.15) is 0 Å². The quantitative estimate of drug-likeness (QED) is 0.853. The number of benzene rings is 1. The molecular formula is C13H18ClNO. The number of aryl methyl sites for hydroxylation is 1. The van der Waals surface area contributed by atoms with Crippen LogP contribution in [0.3, 0.4) is 0 Å². The van der Waals surface area contributed by atoms with Crippen LogP contribution in [-0.2, 0) is 0 Å². The van der Waals surface area contributed by atoms with Crippen molar-refractivity contribution in [3.8, 4) is 5.75 Å². The van der Waals surface area contributed by atoms with E-state index in [1.54, 1.807) is 7.11 Å². The molecule has 0 amide bonds. The van der Waals surface area contributed by atoms with Crippen LogP contribution in [0.25, 0.3) is 0 Å². The molecule has 3 heteroatoms. The molecule has 1 saturated heterocycles. The molecule has 1 atom stereocenters. The number of hydrogen-bond donors (Lipinski definition) is 1. The molecule has 2 rings (SSSR count). The van der Waals surface area contributed by atoms with Crippen LogP contribution >= 0.6 is 11.6 Å². The van der Waals surface area contributed by atoms with E-state index in [-0.39, 0.29) is 0 Å². The Bertz CT molecular complexity index is 372. The van der Waals surface area contributed by atoms with E-state index in [0.717, 1.165) is 12.3 Å². The summed E-state index contributed by atoms with van der Waals surface area (Å²) < 4.78 is 5.27. The highest BCUT2D eigenvalue weighted by Crippen LogP contribution is 2.33. The summed E-state index contributed by atoms with van der Waals surface area (Å²) >= 11 is 6.10. The fraction of sp³-hybridized carbons (Fsp3) is 0.538. The van der Waals surface area contributed by atoms with E-state index in [9.17, 15) is 0 Å². The van der Waals surface area contributed by atoms with E-state index in [2.05, 4.69) is 18.3 Å². The molecule has 1 aliphatic heterocycles. The Kier molecular flexibility index (Phi) is 3.72. The summed E-state index contributed by atoms with van der Waals surface area (Å²) in [6.07, 6.45) is 3.77. The monoisotopic (exact) mass is 239 g/mol. The van der Waals surface area contributed by atoms with E-state index in [0.29, 0.717) is 11.1 Å². The van der Waals surface area contributed by atoms with E-state index < -0.39 is 0 Å². The molecule has 0 bridgehead atoms. The topological polar surface area (TPSA) is 21.3 Å². The SMILES string of the molecule is COc1cc(C2CCCCN2)c(C)cc1Cl. The highest BCUT2D eigenvalue weighted by Gasteiger charge is 2.18. The van der Waals surface area contributed by atoms with Crippen molar-refractivity contribution in [2.24, 2.45) is 0 Å². The molecule has 0 aromatic heterocycles. The molecule has 0 radical (unpaired) electrons. The minimum Gasteiger partial charge on any atom is -0.495 e. The Morgan fingerprint density at radius 2 is 2.19 bits per heavy atom. The number of piperidine rings is 1. The average molecular weight is 240 g/mol. The molecule has 0 saturated carbocycles. The molecule has 1 N–H and O–H groups in total. The first-order valence-electron chi connectivity index (χ1n) is 5.80. The van der Waals surface area contributed by atoms with Crippen molar-refractivity contribution >= 4 is 11.6 Å². The lowest BCUT2D eigenvalue weighted by atomic mass is 9.94. The lowest BCUT2D eigenvalue weighted by Crippen LogP contribution is -2.27. The third kappa shape index (κ3) is 2.33. The van der Waals surface area contributed by atoms with Crippen molar-refractivity contribution < 1.29 is 4.74 Å². The lowest BCUT2D eigenvalue weighted by molar-refractivity contribution is 0.399. The van der Waals surface area contributed by atoms with E-state index in [1.807, 2.05) is 6.07 Å². The van der Waals surface area contributed by atoms with Gasteiger partial charge in [0, 0.05) is 6.04 Å². The third-order valence-electron chi connectivity index (χ3n) is 3.23. The Balaban J connectivity index is 2.31. The van der Waals surface area contributed by atoms with Gasteiger partial charge in [-0.3, -0.25) is 0 Å². The van der Waals surface area contributed by atoms with Gasteiger partial charge >= 0.3 is 0 Å². The van der Waals surface area contributed by atoms with Crippen LogP contribution in [0.4, 0.5) is 0 Å². The molecule has 1 unspecified atom stereocenters. The molecule has 0 spiro atoms. The number of halogens is 1. The van der Waals surface area contributed by atoms with Crippen LogP contribution in [-0.4, -0.2) is 13.7 Å². The minimum absolute atomic E-state index is 0.458. The maximum Gasteiger partial charge on any atom is 0.137 e. The normalized spacial score (nSPS) is 20.8. The summed E-state index contributed by atoms with van der Waals surface area (Å²) in [5.41, 5.74) is 2.56. The summed E-state index contributed by atoms with van der Waals surface area (Å²) in [6.45, 7) is 3.21. The van der Waals surface area contributed by atoms with Crippen LogP contribution in [0.2, 0.25) is 5.02 Å². The summed E-state index contributed by atoms with van der Waals surface area (Å²) in [5, 5.41) is 4.24. The van der Waals surface area contributed by atoms with E-state index in [1.165, 1.54) is 30.4 Å². The predicted molar refractivity (Wildman–Crippen MR) is 67.3 cm³/mol. The van der Waals surface area contributed by atoms with Gasteiger partial charge in [-0.15, -0.1) is 0 Å². The van der Waals surface area contributed by atoms with Gasteiger partial charge in [0.1, 0.15) is 5.75 Å². The van der Waals surface area contributed by atoms with Crippen molar-refractivity contribution in [1.29, 1.82) is 0 Å². The van der Waals surface area contributed by atoms with Gasteiger partial charge in [0.2, 0.25) is 0 Å². The zero-order valence-corrected chi connectivity index (χ0v) is 10.6. The number of nitrogens with one attached hydrogen (secondary N) is 1. The summed E-state index contributed by atoms with van der Waals surface area (Å²) in [7, 11) is 1.66. The van der Waals surface area contributed by atoms with Crippen LogP contribution < -0.4 is 10.1 Å². The molecule has 88 valence electrons. The van der Waals surface area contributed by atoms with Gasteiger partial charge in [-0.05, 0) is 49.6 Å². The number of hydrogen-bond acceptors (Lipinski definition) is 2. The number of methoxy groups -OCH3 is 1. The second kappa shape index (κ2) is 5.07. The second-order valence-electron chi connectivity index (χ2n) is 4.35. The molecule has 1 aromatic rings.